The molecule has 1 aromatic carbocycles. The van der Waals surface area contributed by atoms with Crippen LogP contribution in [-0.4, -0.2) is 49.0 Å². The lowest BCUT2D eigenvalue weighted by Crippen LogP contribution is -2.42. The van der Waals surface area contributed by atoms with Crippen molar-refractivity contribution in [1.29, 1.82) is 0 Å². The molecule has 1 aromatic rings. The number of anilines is 1. The van der Waals surface area contributed by atoms with E-state index >= 15 is 0 Å². The number of rotatable bonds is 5. The van der Waals surface area contributed by atoms with Gasteiger partial charge in [-0.25, -0.2) is 0 Å². The number of nitro benzene ring substituents is 1. The molecule has 0 aromatic heterocycles. The van der Waals surface area contributed by atoms with E-state index in [0.29, 0.717) is 24.2 Å². The fraction of sp³-hybridized carbons (Fsp3) is 0.562. The van der Waals surface area contributed by atoms with Gasteiger partial charge in [-0.3, -0.25) is 15.1 Å². The van der Waals surface area contributed by atoms with Gasteiger partial charge in [0.25, 0.3) is 5.69 Å². The Hall–Kier alpha value is -1.58. The molecule has 1 aliphatic heterocycles. The molecule has 2 N–H and O–H groups in total. The summed E-state index contributed by atoms with van der Waals surface area (Å²) in [6, 6.07) is 6.67. The van der Waals surface area contributed by atoms with Crippen molar-refractivity contribution in [2.45, 2.75) is 20.3 Å². The number of benzene rings is 1. The van der Waals surface area contributed by atoms with Crippen molar-refractivity contribution >= 4 is 41.3 Å². The molecule has 0 radical (unpaired) electrons. The van der Waals surface area contributed by atoms with Gasteiger partial charge in [0.05, 0.1) is 4.92 Å². The number of aliphatic imine (C=N–C) groups is 1. The third-order valence-electron chi connectivity index (χ3n) is 4.01. The van der Waals surface area contributed by atoms with E-state index in [2.05, 4.69) is 34.4 Å². The number of halogens is 1. The van der Waals surface area contributed by atoms with Gasteiger partial charge in [0, 0.05) is 39.3 Å². The number of hydrogen-bond acceptors (Lipinski definition) is 4. The maximum absolute atomic E-state index is 11.0. The number of guanidine groups is 1. The average molecular weight is 447 g/mol. The van der Waals surface area contributed by atoms with Crippen LogP contribution in [0.4, 0.5) is 11.4 Å². The minimum absolute atomic E-state index is 0. The normalized spacial score (nSPS) is 16.5. The van der Waals surface area contributed by atoms with Gasteiger partial charge in [0.15, 0.2) is 5.96 Å². The summed E-state index contributed by atoms with van der Waals surface area (Å²) >= 11 is 0. The molecule has 0 saturated carbocycles. The van der Waals surface area contributed by atoms with Crippen LogP contribution in [0, 0.1) is 15.5 Å². The molecule has 1 heterocycles. The van der Waals surface area contributed by atoms with Gasteiger partial charge >= 0.3 is 0 Å². The smallest absolute Gasteiger partial charge is 0.292 e. The average Bonchev–Trinajstić information content (AvgIpc) is 2.87. The minimum atomic E-state index is -0.374. The van der Waals surface area contributed by atoms with Gasteiger partial charge < -0.3 is 15.5 Å². The third-order valence-corrected chi connectivity index (χ3v) is 4.01. The van der Waals surface area contributed by atoms with Crippen molar-refractivity contribution in [3.05, 3.63) is 34.4 Å². The predicted molar refractivity (Wildman–Crippen MR) is 108 cm³/mol. The van der Waals surface area contributed by atoms with Crippen LogP contribution in [0.3, 0.4) is 0 Å². The largest absolute Gasteiger partial charge is 0.378 e. The molecule has 0 atom stereocenters. The quantitative estimate of drug-likeness (QED) is 0.181. The van der Waals surface area contributed by atoms with Gasteiger partial charge in [-0.05, 0) is 17.9 Å². The van der Waals surface area contributed by atoms with Crippen LogP contribution in [0.15, 0.2) is 29.3 Å². The SMILES string of the molecule is CN=C(NCCNc1ccccc1[N+](=O)[O-])N1CCC(C)(C)C1.I. The van der Waals surface area contributed by atoms with Crippen LogP contribution in [-0.2, 0) is 0 Å². The second kappa shape index (κ2) is 9.05. The maximum Gasteiger partial charge on any atom is 0.292 e. The Morgan fingerprint density at radius 1 is 1.38 bits per heavy atom. The molecule has 0 aliphatic carbocycles. The summed E-state index contributed by atoms with van der Waals surface area (Å²) in [6.07, 6.45) is 1.15. The van der Waals surface area contributed by atoms with Crippen molar-refractivity contribution in [3.63, 3.8) is 0 Å². The van der Waals surface area contributed by atoms with E-state index in [1.54, 1.807) is 25.2 Å². The number of nitro groups is 1. The Morgan fingerprint density at radius 2 is 2.08 bits per heavy atom. The highest BCUT2D eigenvalue weighted by molar-refractivity contribution is 14.0. The zero-order valence-corrected chi connectivity index (χ0v) is 16.7. The molecule has 134 valence electrons. The van der Waals surface area contributed by atoms with Crippen LogP contribution < -0.4 is 10.6 Å². The summed E-state index contributed by atoms with van der Waals surface area (Å²) in [6.45, 7) is 7.75. The highest BCUT2D eigenvalue weighted by atomic mass is 127. The fourth-order valence-electron chi connectivity index (χ4n) is 2.78. The maximum atomic E-state index is 11.0. The predicted octanol–water partition coefficient (Wildman–Crippen LogP) is 2.93. The number of hydrogen-bond donors (Lipinski definition) is 2. The lowest BCUT2D eigenvalue weighted by molar-refractivity contribution is -0.384. The van der Waals surface area contributed by atoms with E-state index in [0.717, 1.165) is 25.5 Å². The van der Waals surface area contributed by atoms with Crippen molar-refractivity contribution in [2.24, 2.45) is 10.4 Å². The summed E-state index contributed by atoms with van der Waals surface area (Å²) in [5.41, 5.74) is 0.954. The van der Waals surface area contributed by atoms with Gasteiger partial charge in [0.1, 0.15) is 5.69 Å². The Kier molecular flexibility index (Phi) is 7.71. The lowest BCUT2D eigenvalue weighted by Gasteiger charge is -2.23. The molecule has 0 unspecified atom stereocenters. The summed E-state index contributed by atoms with van der Waals surface area (Å²) in [5, 5.41) is 17.4. The molecule has 2 rings (SSSR count). The number of nitrogens with zero attached hydrogens (tertiary/aromatic N) is 3. The van der Waals surface area contributed by atoms with Gasteiger partial charge in [-0.15, -0.1) is 24.0 Å². The van der Waals surface area contributed by atoms with E-state index < -0.39 is 0 Å². The summed E-state index contributed by atoms with van der Waals surface area (Å²) < 4.78 is 0. The van der Waals surface area contributed by atoms with Crippen LogP contribution in [0.1, 0.15) is 20.3 Å². The third kappa shape index (κ3) is 5.50. The molecule has 0 bridgehead atoms. The zero-order valence-electron chi connectivity index (χ0n) is 14.4. The molecular formula is C16H26IN5O2. The second-order valence-corrected chi connectivity index (χ2v) is 6.51. The Morgan fingerprint density at radius 3 is 2.67 bits per heavy atom. The van der Waals surface area contributed by atoms with E-state index in [9.17, 15) is 10.1 Å². The summed E-state index contributed by atoms with van der Waals surface area (Å²) in [7, 11) is 1.78. The van der Waals surface area contributed by atoms with Gasteiger partial charge in [-0.1, -0.05) is 26.0 Å². The van der Waals surface area contributed by atoms with Crippen molar-refractivity contribution in [3.8, 4) is 0 Å². The Balaban J connectivity index is 0.00000288. The second-order valence-electron chi connectivity index (χ2n) is 6.51. The highest BCUT2D eigenvalue weighted by Gasteiger charge is 2.30. The molecule has 1 fully saturated rings. The topological polar surface area (TPSA) is 82.8 Å². The highest BCUT2D eigenvalue weighted by Crippen LogP contribution is 2.28. The van der Waals surface area contributed by atoms with Crippen molar-refractivity contribution in [1.82, 2.24) is 10.2 Å². The van der Waals surface area contributed by atoms with Gasteiger partial charge in [0.2, 0.25) is 0 Å². The number of para-hydroxylation sites is 2. The monoisotopic (exact) mass is 447 g/mol. The van der Waals surface area contributed by atoms with Crippen LogP contribution >= 0.6 is 24.0 Å². The zero-order chi connectivity index (χ0) is 16.9. The number of nitrogens with one attached hydrogen (secondary N) is 2. The van der Waals surface area contributed by atoms with E-state index in [1.165, 1.54) is 6.07 Å². The molecule has 0 spiro atoms. The lowest BCUT2D eigenvalue weighted by atomic mass is 9.93. The molecule has 7 nitrogen and oxygen atoms in total. The van der Waals surface area contributed by atoms with Crippen LogP contribution in [0.5, 0.6) is 0 Å². The first-order valence-electron chi connectivity index (χ1n) is 7.86. The molecule has 1 aliphatic rings. The van der Waals surface area contributed by atoms with Crippen molar-refractivity contribution < 1.29 is 4.92 Å². The molecule has 1 saturated heterocycles. The van der Waals surface area contributed by atoms with Crippen LogP contribution in [0.2, 0.25) is 0 Å². The Bertz CT molecular complexity index is 592. The molecule has 0 amide bonds. The number of likely N-dealkylation sites (tertiary alicyclic amines) is 1. The first-order valence-corrected chi connectivity index (χ1v) is 7.86. The minimum Gasteiger partial charge on any atom is -0.378 e. The van der Waals surface area contributed by atoms with Gasteiger partial charge in [-0.2, -0.15) is 0 Å². The fourth-order valence-corrected chi connectivity index (χ4v) is 2.78. The van der Waals surface area contributed by atoms with Crippen LogP contribution in [0.25, 0.3) is 0 Å². The van der Waals surface area contributed by atoms with E-state index in [1.807, 2.05) is 0 Å². The molecule has 8 heteroatoms. The summed E-state index contributed by atoms with van der Waals surface area (Å²) in [5.74, 6) is 0.889. The first-order chi connectivity index (χ1) is 10.9. The standard InChI is InChI=1S/C16H25N5O2.HI/c1-16(2)8-11-20(12-16)15(17-3)19-10-9-18-13-6-4-5-7-14(13)21(22)23;/h4-7,18H,8-12H2,1-3H3,(H,17,19);1H. The molecular weight excluding hydrogens is 421 g/mol. The van der Waals surface area contributed by atoms with Crippen molar-refractivity contribution in [2.75, 3.05) is 38.5 Å². The Labute approximate surface area is 160 Å². The first kappa shape index (κ1) is 20.5. The van der Waals surface area contributed by atoms with E-state index in [-0.39, 0.29) is 34.6 Å². The summed E-state index contributed by atoms with van der Waals surface area (Å²) in [4.78, 5) is 17.2. The molecule has 24 heavy (non-hydrogen) atoms. The van der Waals surface area contributed by atoms with E-state index in [4.69, 9.17) is 0 Å².